The first-order chi connectivity index (χ1) is 11.4. The van der Waals surface area contributed by atoms with Gasteiger partial charge in [0.05, 0.1) is 18.8 Å². The number of nitrogens with zero attached hydrogens (tertiary/aromatic N) is 4. The van der Waals surface area contributed by atoms with E-state index >= 15 is 0 Å². The van der Waals surface area contributed by atoms with Crippen molar-refractivity contribution in [2.24, 2.45) is 0 Å². The highest BCUT2D eigenvalue weighted by Gasteiger charge is 2.39. The lowest BCUT2D eigenvalue weighted by molar-refractivity contribution is 0.0221. The highest BCUT2D eigenvalue weighted by molar-refractivity contribution is 7.89. The van der Waals surface area contributed by atoms with Gasteiger partial charge in [0.25, 0.3) is 0 Å². The number of benzene rings is 1. The van der Waals surface area contributed by atoms with Gasteiger partial charge in [-0.2, -0.15) is 9.57 Å². The first-order valence-corrected chi connectivity index (χ1v) is 8.84. The van der Waals surface area contributed by atoms with Crippen LogP contribution in [-0.2, 0) is 14.8 Å². The van der Waals surface area contributed by atoms with Crippen LogP contribution in [0, 0.1) is 18.3 Å². The van der Waals surface area contributed by atoms with Crippen molar-refractivity contribution >= 4 is 21.6 Å². The quantitative estimate of drug-likeness (QED) is 0.810. The molecule has 24 heavy (non-hydrogen) atoms. The van der Waals surface area contributed by atoms with Crippen LogP contribution >= 0.6 is 11.6 Å². The lowest BCUT2D eigenvalue weighted by Gasteiger charge is -2.32. The van der Waals surface area contributed by atoms with E-state index in [-0.39, 0.29) is 41.1 Å². The molecule has 0 radical (unpaired) electrons. The Kier molecular flexibility index (Phi) is 4.56. The van der Waals surface area contributed by atoms with E-state index in [1.165, 1.54) is 22.5 Å². The summed E-state index contributed by atoms with van der Waals surface area (Å²) in [5, 5.41) is 17.1. The molecule has 0 amide bonds. The van der Waals surface area contributed by atoms with Crippen LogP contribution in [0.15, 0.2) is 27.5 Å². The molecule has 1 atom stereocenters. The molecule has 1 saturated heterocycles. The second-order valence-corrected chi connectivity index (χ2v) is 7.41. The second kappa shape index (κ2) is 6.49. The third-order valence-corrected chi connectivity index (χ3v) is 5.76. The fourth-order valence-corrected chi connectivity index (χ4v) is 4.31. The zero-order valence-corrected chi connectivity index (χ0v) is 14.2. The molecule has 1 aliphatic rings. The average molecular weight is 369 g/mol. The van der Waals surface area contributed by atoms with Crippen LogP contribution in [0.4, 0.5) is 0 Å². The van der Waals surface area contributed by atoms with Crippen LogP contribution in [0.1, 0.15) is 23.4 Å². The van der Waals surface area contributed by atoms with Crippen LogP contribution in [0.2, 0.25) is 5.02 Å². The van der Waals surface area contributed by atoms with Crippen molar-refractivity contribution in [3.63, 3.8) is 0 Å². The molecule has 0 saturated carbocycles. The van der Waals surface area contributed by atoms with E-state index in [9.17, 15) is 13.7 Å². The van der Waals surface area contributed by atoms with E-state index < -0.39 is 16.1 Å². The van der Waals surface area contributed by atoms with Crippen molar-refractivity contribution < 1.29 is 17.6 Å². The van der Waals surface area contributed by atoms with Gasteiger partial charge < -0.3 is 9.15 Å². The Morgan fingerprint density at radius 2 is 2.21 bits per heavy atom. The van der Waals surface area contributed by atoms with Crippen LogP contribution in [0.25, 0.3) is 0 Å². The number of hydrogen-bond acceptors (Lipinski definition) is 7. The van der Waals surface area contributed by atoms with Gasteiger partial charge in [-0.05, 0) is 18.2 Å². The number of hydrogen-bond donors (Lipinski definition) is 0. The Morgan fingerprint density at radius 3 is 2.88 bits per heavy atom. The maximum absolute atomic E-state index is 13.1. The molecule has 126 valence electrons. The molecule has 2 aromatic rings. The normalized spacial score (nSPS) is 19.1. The van der Waals surface area contributed by atoms with Gasteiger partial charge in [-0.3, -0.25) is 0 Å². The molecule has 1 fully saturated rings. The van der Waals surface area contributed by atoms with Crippen molar-refractivity contribution in [2.45, 2.75) is 17.9 Å². The first kappa shape index (κ1) is 16.9. The zero-order chi connectivity index (χ0) is 17.3. The second-order valence-electron chi connectivity index (χ2n) is 5.12. The summed E-state index contributed by atoms with van der Waals surface area (Å²) >= 11 is 5.85. The van der Waals surface area contributed by atoms with Gasteiger partial charge in [0.15, 0.2) is 0 Å². The van der Waals surface area contributed by atoms with Gasteiger partial charge >= 0.3 is 0 Å². The van der Waals surface area contributed by atoms with E-state index in [0.29, 0.717) is 5.89 Å². The topological polar surface area (TPSA) is 109 Å². The van der Waals surface area contributed by atoms with Gasteiger partial charge in [-0.1, -0.05) is 11.6 Å². The molecule has 1 unspecified atom stereocenters. The number of morpholine rings is 1. The summed E-state index contributed by atoms with van der Waals surface area (Å²) < 4.78 is 38.1. The van der Waals surface area contributed by atoms with Crippen LogP contribution in [0.5, 0.6) is 0 Å². The zero-order valence-electron chi connectivity index (χ0n) is 12.6. The monoisotopic (exact) mass is 368 g/mol. The lowest BCUT2D eigenvalue weighted by Crippen LogP contribution is -2.43. The molecule has 2 heterocycles. The Balaban J connectivity index is 2.06. The molecule has 1 aromatic carbocycles. The molecule has 3 rings (SSSR count). The summed E-state index contributed by atoms with van der Waals surface area (Å²) in [6.07, 6.45) is 0. The minimum absolute atomic E-state index is 0.0190. The minimum Gasteiger partial charge on any atom is -0.424 e. The van der Waals surface area contributed by atoms with Crippen LogP contribution in [-0.4, -0.2) is 42.7 Å². The van der Waals surface area contributed by atoms with Crippen molar-refractivity contribution in [3.8, 4) is 6.07 Å². The molecule has 0 spiro atoms. The van der Waals surface area contributed by atoms with Crippen LogP contribution in [0.3, 0.4) is 0 Å². The number of halogens is 1. The Bertz CT molecular complexity index is 906. The number of aryl methyl sites for hydroxylation is 1. The average Bonchev–Trinajstić information content (AvgIpc) is 3.01. The maximum Gasteiger partial charge on any atom is 0.245 e. The van der Waals surface area contributed by atoms with Crippen molar-refractivity contribution in [1.29, 1.82) is 5.26 Å². The Hall–Kier alpha value is -1.99. The highest BCUT2D eigenvalue weighted by Crippen LogP contribution is 2.31. The molecular formula is C14H13ClN4O4S. The van der Waals surface area contributed by atoms with E-state index in [1.807, 2.05) is 6.07 Å². The first-order valence-electron chi connectivity index (χ1n) is 7.02. The summed E-state index contributed by atoms with van der Waals surface area (Å²) in [5.41, 5.74) is -0.0190. The third kappa shape index (κ3) is 3.01. The molecular weight excluding hydrogens is 356 g/mol. The standard InChI is InChI=1S/C14H13ClN4O4S/c1-9-17-18-14(23-9)12-8-22-5-4-19(12)24(20,21)13-3-2-11(15)6-10(13)7-16/h2-3,6,12H,4-5,8H2,1H3. The molecule has 0 N–H and O–H groups in total. The van der Waals surface area contributed by atoms with Crippen molar-refractivity contribution in [2.75, 3.05) is 19.8 Å². The smallest absolute Gasteiger partial charge is 0.245 e. The SMILES string of the molecule is Cc1nnc(C2COCCN2S(=O)(=O)c2ccc(Cl)cc2C#N)o1. The van der Waals surface area contributed by atoms with Gasteiger partial charge in [0.1, 0.15) is 17.0 Å². The molecule has 0 aliphatic carbocycles. The molecule has 1 aromatic heterocycles. The Morgan fingerprint density at radius 1 is 1.42 bits per heavy atom. The van der Waals surface area contributed by atoms with E-state index in [0.717, 1.165) is 0 Å². The number of sulfonamides is 1. The molecule has 1 aliphatic heterocycles. The van der Waals surface area contributed by atoms with Gasteiger partial charge in [0, 0.05) is 18.5 Å². The highest BCUT2D eigenvalue weighted by atomic mass is 35.5. The third-order valence-electron chi connectivity index (χ3n) is 3.55. The van der Waals surface area contributed by atoms with Crippen LogP contribution < -0.4 is 0 Å². The summed E-state index contributed by atoms with van der Waals surface area (Å²) in [4.78, 5) is -0.113. The van der Waals surface area contributed by atoms with E-state index in [1.54, 1.807) is 6.92 Å². The predicted molar refractivity (Wildman–Crippen MR) is 82.7 cm³/mol. The van der Waals surface area contributed by atoms with Crippen molar-refractivity contribution in [1.82, 2.24) is 14.5 Å². The minimum atomic E-state index is -3.97. The lowest BCUT2D eigenvalue weighted by atomic mass is 10.2. The predicted octanol–water partition coefficient (Wildman–Crippen LogP) is 1.67. The van der Waals surface area contributed by atoms with E-state index in [2.05, 4.69) is 10.2 Å². The Labute approximate surface area is 143 Å². The van der Waals surface area contributed by atoms with Gasteiger partial charge in [0.2, 0.25) is 21.8 Å². The maximum atomic E-state index is 13.1. The number of aromatic nitrogens is 2. The van der Waals surface area contributed by atoms with Crippen molar-refractivity contribution in [3.05, 3.63) is 40.6 Å². The largest absolute Gasteiger partial charge is 0.424 e. The number of rotatable bonds is 3. The molecule has 10 heteroatoms. The summed E-state index contributed by atoms with van der Waals surface area (Å²) in [7, 11) is -3.97. The number of nitriles is 1. The van der Waals surface area contributed by atoms with Gasteiger partial charge in [-0.25, -0.2) is 8.42 Å². The fraction of sp³-hybridized carbons (Fsp3) is 0.357. The van der Waals surface area contributed by atoms with E-state index in [4.69, 9.17) is 20.8 Å². The van der Waals surface area contributed by atoms with Gasteiger partial charge in [-0.15, -0.1) is 10.2 Å². The molecule has 0 bridgehead atoms. The summed E-state index contributed by atoms with van der Waals surface area (Å²) in [5.74, 6) is 0.486. The molecule has 8 nitrogen and oxygen atoms in total. The number of ether oxygens (including phenoxy) is 1. The fourth-order valence-electron chi connectivity index (χ4n) is 2.46. The summed E-state index contributed by atoms with van der Waals surface area (Å²) in [6, 6.07) is 5.20. The summed E-state index contributed by atoms with van der Waals surface area (Å²) in [6.45, 7) is 2.06.